The van der Waals surface area contributed by atoms with Gasteiger partial charge in [-0.2, -0.15) is 0 Å². The predicted octanol–water partition coefficient (Wildman–Crippen LogP) is 4.39. The highest BCUT2D eigenvalue weighted by Crippen LogP contribution is 2.20. The SMILES string of the molecule is C=CCn1c(COc2ccccc2)nnc1SCC(=O)Nc1cc(C)cc(C)c1. The second kappa shape index (κ2) is 9.93. The van der Waals surface area contributed by atoms with E-state index in [0.717, 1.165) is 22.6 Å². The van der Waals surface area contributed by atoms with E-state index in [1.165, 1.54) is 11.8 Å². The van der Waals surface area contributed by atoms with Gasteiger partial charge < -0.3 is 10.1 Å². The van der Waals surface area contributed by atoms with Crippen LogP contribution in [0.5, 0.6) is 5.75 Å². The highest BCUT2D eigenvalue weighted by Gasteiger charge is 2.14. The van der Waals surface area contributed by atoms with E-state index >= 15 is 0 Å². The lowest BCUT2D eigenvalue weighted by Crippen LogP contribution is -2.15. The summed E-state index contributed by atoms with van der Waals surface area (Å²) in [6.07, 6.45) is 1.77. The molecular formula is C22H24N4O2S. The lowest BCUT2D eigenvalue weighted by molar-refractivity contribution is -0.113. The van der Waals surface area contributed by atoms with Gasteiger partial charge in [-0.1, -0.05) is 42.1 Å². The molecule has 29 heavy (non-hydrogen) atoms. The molecule has 1 aromatic heterocycles. The van der Waals surface area contributed by atoms with Crippen molar-refractivity contribution < 1.29 is 9.53 Å². The fourth-order valence-electron chi connectivity index (χ4n) is 2.88. The van der Waals surface area contributed by atoms with Gasteiger partial charge in [0, 0.05) is 12.2 Å². The lowest BCUT2D eigenvalue weighted by Gasteiger charge is -2.10. The Kier molecular flexibility index (Phi) is 7.08. The first-order chi connectivity index (χ1) is 14.0. The molecule has 3 aromatic rings. The maximum absolute atomic E-state index is 12.4. The number of carbonyl (C=O) groups excluding carboxylic acids is 1. The predicted molar refractivity (Wildman–Crippen MR) is 116 cm³/mol. The van der Waals surface area contributed by atoms with Crippen LogP contribution >= 0.6 is 11.8 Å². The Morgan fingerprint density at radius 3 is 2.59 bits per heavy atom. The summed E-state index contributed by atoms with van der Waals surface area (Å²) < 4.78 is 7.68. The van der Waals surface area contributed by atoms with Gasteiger partial charge in [0.25, 0.3) is 0 Å². The number of benzene rings is 2. The number of anilines is 1. The van der Waals surface area contributed by atoms with Crippen LogP contribution < -0.4 is 10.1 Å². The summed E-state index contributed by atoms with van der Waals surface area (Å²) in [5, 5.41) is 12.0. The summed E-state index contributed by atoms with van der Waals surface area (Å²) in [4.78, 5) is 12.4. The van der Waals surface area contributed by atoms with Crippen LogP contribution in [0.4, 0.5) is 5.69 Å². The van der Waals surface area contributed by atoms with Crippen LogP contribution in [0, 0.1) is 13.8 Å². The molecule has 2 aromatic carbocycles. The summed E-state index contributed by atoms with van der Waals surface area (Å²) in [5.74, 6) is 1.60. The van der Waals surface area contributed by atoms with E-state index in [2.05, 4.69) is 28.2 Å². The molecule has 6 nitrogen and oxygen atoms in total. The molecule has 0 unspecified atom stereocenters. The third kappa shape index (κ3) is 5.96. The average molecular weight is 409 g/mol. The maximum atomic E-state index is 12.4. The van der Waals surface area contributed by atoms with Crippen LogP contribution in [0.1, 0.15) is 17.0 Å². The normalized spacial score (nSPS) is 10.6. The number of ether oxygens (including phenoxy) is 1. The highest BCUT2D eigenvalue weighted by molar-refractivity contribution is 7.99. The first-order valence-electron chi connectivity index (χ1n) is 9.27. The minimum Gasteiger partial charge on any atom is -0.486 e. The molecule has 0 radical (unpaired) electrons. The average Bonchev–Trinajstić information content (AvgIpc) is 3.07. The zero-order valence-electron chi connectivity index (χ0n) is 16.6. The van der Waals surface area contributed by atoms with Crippen molar-refractivity contribution in [2.24, 2.45) is 0 Å². The summed E-state index contributed by atoms with van der Waals surface area (Å²) in [5.41, 5.74) is 3.03. The summed E-state index contributed by atoms with van der Waals surface area (Å²) in [6, 6.07) is 15.5. The number of nitrogens with zero attached hydrogens (tertiary/aromatic N) is 3. The number of aryl methyl sites for hydroxylation is 2. The zero-order valence-corrected chi connectivity index (χ0v) is 17.4. The van der Waals surface area contributed by atoms with Crippen LogP contribution in [0.25, 0.3) is 0 Å². The quantitative estimate of drug-likeness (QED) is 0.420. The van der Waals surface area contributed by atoms with Gasteiger partial charge in [0.1, 0.15) is 12.4 Å². The van der Waals surface area contributed by atoms with Gasteiger partial charge in [0.2, 0.25) is 5.91 Å². The fourth-order valence-corrected chi connectivity index (χ4v) is 3.65. The zero-order chi connectivity index (χ0) is 20.6. The number of amides is 1. The number of carbonyl (C=O) groups is 1. The van der Waals surface area contributed by atoms with Gasteiger partial charge in [-0.25, -0.2) is 0 Å². The Hall–Kier alpha value is -3.06. The summed E-state index contributed by atoms with van der Waals surface area (Å²) in [7, 11) is 0. The third-order valence-electron chi connectivity index (χ3n) is 4.05. The third-order valence-corrected chi connectivity index (χ3v) is 5.02. The van der Waals surface area contributed by atoms with E-state index in [-0.39, 0.29) is 11.7 Å². The molecule has 150 valence electrons. The number of nitrogens with one attached hydrogen (secondary N) is 1. The topological polar surface area (TPSA) is 69.0 Å². The van der Waals surface area contributed by atoms with Crippen LogP contribution in [0.3, 0.4) is 0 Å². The second-order valence-corrected chi connectivity index (χ2v) is 7.56. The van der Waals surface area contributed by atoms with E-state index in [1.807, 2.05) is 60.9 Å². The standard InChI is InChI=1S/C22H24N4O2S/c1-4-10-26-20(14-28-19-8-6-5-7-9-19)24-25-22(26)29-15-21(27)23-18-12-16(2)11-17(3)13-18/h4-9,11-13H,1,10,14-15H2,2-3H3,(H,23,27). The number of para-hydroxylation sites is 1. The number of allylic oxidation sites excluding steroid dienone is 1. The molecule has 3 rings (SSSR count). The van der Waals surface area contributed by atoms with Crippen molar-refractivity contribution in [2.45, 2.75) is 32.2 Å². The fraction of sp³-hybridized carbons (Fsp3) is 0.227. The second-order valence-electron chi connectivity index (χ2n) is 6.61. The van der Waals surface area contributed by atoms with Gasteiger partial charge in [0.15, 0.2) is 11.0 Å². The molecule has 0 bridgehead atoms. The Labute approximate surface area is 175 Å². The van der Waals surface area contributed by atoms with Crippen molar-refractivity contribution in [3.05, 3.63) is 78.1 Å². The van der Waals surface area contributed by atoms with Crippen molar-refractivity contribution in [3.8, 4) is 5.75 Å². The lowest BCUT2D eigenvalue weighted by atomic mass is 10.1. The van der Waals surface area contributed by atoms with Crippen LogP contribution in [0.15, 0.2) is 66.3 Å². The Morgan fingerprint density at radius 2 is 1.90 bits per heavy atom. The van der Waals surface area contributed by atoms with E-state index < -0.39 is 0 Å². The molecule has 0 saturated heterocycles. The molecule has 0 aliphatic heterocycles. The van der Waals surface area contributed by atoms with Crippen LogP contribution in [-0.4, -0.2) is 26.4 Å². The van der Waals surface area contributed by atoms with E-state index in [0.29, 0.717) is 24.1 Å². The summed E-state index contributed by atoms with van der Waals surface area (Å²) >= 11 is 1.34. The van der Waals surface area contributed by atoms with E-state index in [1.54, 1.807) is 6.08 Å². The summed E-state index contributed by atoms with van der Waals surface area (Å²) in [6.45, 7) is 8.65. The van der Waals surface area contributed by atoms with Gasteiger partial charge in [-0.15, -0.1) is 16.8 Å². The molecule has 0 aliphatic rings. The van der Waals surface area contributed by atoms with Crippen molar-refractivity contribution in [3.63, 3.8) is 0 Å². The van der Waals surface area contributed by atoms with Gasteiger partial charge in [-0.3, -0.25) is 9.36 Å². The molecule has 0 atom stereocenters. The largest absolute Gasteiger partial charge is 0.486 e. The first kappa shape index (κ1) is 20.7. The molecule has 0 fully saturated rings. The van der Waals surface area contributed by atoms with Gasteiger partial charge in [0.05, 0.1) is 5.75 Å². The molecule has 7 heteroatoms. The van der Waals surface area contributed by atoms with Crippen molar-refractivity contribution in [1.82, 2.24) is 14.8 Å². The Balaban J connectivity index is 1.61. The maximum Gasteiger partial charge on any atom is 0.234 e. The minimum absolute atomic E-state index is 0.0877. The van der Waals surface area contributed by atoms with E-state index in [9.17, 15) is 4.79 Å². The molecule has 0 saturated carbocycles. The van der Waals surface area contributed by atoms with Gasteiger partial charge in [-0.05, 0) is 49.2 Å². The van der Waals surface area contributed by atoms with Crippen molar-refractivity contribution >= 4 is 23.4 Å². The Bertz CT molecular complexity index is 965. The molecular weight excluding hydrogens is 384 g/mol. The molecule has 0 spiro atoms. The number of hydrogen-bond donors (Lipinski definition) is 1. The highest BCUT2D eigenvalue weighted by atomic mass is 32.2. The number of rotatable bonds is 9. The van der Waals surface area contributed by atoms with Crippen LogP contribution in [0.2, 0.25) is 0 Å². The molecule has 0 aliphatic carbocycles. The number of aromatic nitrogens is 3. The molecule has 1 N–H and O–H groups in total. The van der Waals surface area contributed by atoms with Crippen LogP contribution in [-0.2, 0) is 17.9 Å². The first-order valence-corrected chi connectivity index (χ1v) is 10.3. The minimum atomic E-state index is -0.0877. The molecule has 1 heterocycles. The monoisotopic (exact) mass is 408 g/mol. The van der Waals surface area contributed by atoms with Crippen molar-refractivity contribution in [2.75, 3.05) is 11.1 Å². The Morgan fingerprint density at radius 1 is 1.17 bits per heavy atom. The molecule has 1 amide bonds. The van der Waals surface area contributed by atoms with E-state index in [4.69, 9.17) is 4.74 Å². The number of hydrogen-bond acceptors (Lipinski definition) is 5. The number of thioether (sulfide) groups is 1. The smallest absolute Gasteiger partial charge is 0.234 e. The van der Waals surface area contributed by atoms with Crippen molar-refractivity contribution in [1.29, 1.82) is 0 Å². The van der Waals surface area contributed by atoms with Gasteiger partial charge >= 0.3 is 0 Å².